The van der Waals surface area contributed by atoms with Gasteiger partial charge in [-0.25, -0.2) is 0 Å². The molecule has 2 aromatic carbocycles. The molecule has 2 rings (SSSR count). The van der Waals surface area contributed by atoms with Crippen LogP contribution < -0.4 is 5.73 Å². The maximum absolute atomic E-state index is 6.17. The lowest BCUT2D eigenvalue weighted by Gasteiger charge is -2.10. The van der Waals surface area contributed by atoms with Gasteiger partial charge in [0.15, 0.2) is 0 Å². The van der Waals surface area contributed by atoms with Crippen LogP contribution in [0, 0.1) is 0 Å². The van der Waals surface area contributed by atoms with Crippen molar-refractivity contribution in [1.82, 2.24) is 0 Å². The summed E-state index contributed by atoms with van der Waals surface area (Å²) in [6, 6.07) is 11.6. The fourth-order valence-corrected chi connectivity index (χ4v) is 3.55. The molecule has 1 nitrogen and oxygen atoms in total. The fraction of sp³-hybridized carbons (Fsp3) is 0.143. The summed E-state index contributed by atoms with van der Waals surface area (Å²) in [7, 11) is 0. The third-order valence-corrected chi connectivity index (χ3v) is 5.32. The summed E-state index contributed by atoms with van der Waals surface area (Å²) >= 11 is 17.3. The van der Waals surface area contributed by atoms with E-state index >= 15 is 0 Å². The average molecular weight is 377 g/mol. The van der Waals surface area contributed by atoms with Crippen molar-refractivity contribution < 1.29 is 0 Å². The molecule has 0 aliphatic carbocycles. The van der Waals surface area contributed by atoms with E-state index in [2.05, 4.69) is 15.9 Å². The number of halogens is 3. The molecule has 1 atom stereocenters. The van der Waals surface area contributed by atoms with Crippen LogP contribution in [0.4, 0.5) is 0 Å². The van der Waals surface area contributed by atoms with Crippen molar-refractivity contribution in [2.45, 2.75) is 22.8 Å². The molecule has 0 amide bonds. The van der Waals surface area contributed by atoms with Gasteiger partial charge in [0.2, 0.25) is 0 Å². The first-order valence-corrected chi connectivity index (χ1v) is 8.02. The highest BCUT2D eigenvalue weighted by Gasteiger charge is 2.09. The molecule has 19 heavy (non-hydrogen) atoms. The van der Waals surface area contributed by atoms with Crippen molar-refractivity contribution in [2.24, 2.45) is 5.73 Å². The van der Waals surface area contributed by atoms with Gasteiger partial charge in [-0.1, -0.05) is 41.0 Å². The largest absolute Gasteiger partial charge is 0.324 e. The topological polar surface area (TPSA) is 26.0 Å². The number of hydrogen-bond acceptors (Lipinski definition) is 2. The van der Waals surface area contributed by atoms with Crippen LogP contribution in [0.15, 0.2) is 50.7 Å². The Kier molecular flexibility index (Phi) is 5.21. The summed E-state index contributed by atoms with van der Waals surface area (Å²) in [6.07, 6.45) is 0. The molecule has 0 heterocycles. The molecular weight excluding hydrogens is 365 g/mol. The van der Waals surface area contributed by atoms with Crippen LogP contribution >= 0.6 is 50.9 Å². The first-order valence-electron chi connectivity index (χ1n) is 5.65. The highest BCUT2D eigenvalue weighted by molar-refractivity contribution is 9.10. The van der Waals surface area contributed by atoms with Gasteiger partial charge in [-0.3, -0.25) is 0 Å². The second kappa shape index (κ2) is 6.51. The molecule has 0 aliphatic rings. The lowest BCUT2D eigenvalue weighted by molar-refractivity contribution is 0.815. The Morgan fingerprint density at radius 1 is 1.11 bits per heavy atom. The summed E-state index contributed by atoms with van der Waals surface area (Å²) < 4.78 is 1.00. The predicted molar refractivity (Wildman–Crippen MR) is 87.3 cm³/mol. The van der Waals surface area contributed by atoms with E-state index < -0.39 is 0 Å². The Bertz CT molecular complexity index is 602. The highest BCUT2D eigenvalue weighted by Crippen LogP contribution is 2.39. The first kappa shape index (κ1) is 15.2. The molecule has 2 N–H and O–H groups in total. The molecule has 0 saturated heterocycles. The van der Waals surface area contributed by atoms with Crippen molar-refractivity contribution in [3.8, 4) is 0 Å². The third-order valence-electron chi connectivity index (χ3n) is 2.59. The third kappa shape index (κ3) is 3.89. The van der Waals surface area contributed by atoms with Crippen molar-refractivity contribution in [1.29, 1.82) is 0 Å². The van der Waals surface area contributed by atoms with Crippen molar-refractivity contribution in [2.75, 3.05) is 0 Å². The van der Waals surface area contributed by atoms with E-state index in [1.54, 1.807) is 23.9 Å². The minimum Gasteiger partial charge on any atom is -0.324 e. The van der Waals surface area contributed by atoms with E-state index in [0.29, 0.717) is 10.0 Å². The van der Waals surface area contributed by atoms with E-state index in [1.165, 1.54) is 0 Å². The molecular formula is C14H12BrCl2NS. The first-order chi connectivity index (χ1) is 8.97. The second-order valence-electron chi connectivity index (χ2n) is 4.16. The van der Waals surface area contributed by atoms with E-state index in [1.807, 2.05) is 31.2 Å². The van der Waals surface area contributed by atoms with Crippen LogP contribution in [0.5, 0.6) is 0 Å². The van der Waals surface area contributed by atoms with Crippen LogP contribution in [-0.4, -0.2) is 0 Å². The maximum Gasteiger partial charge on any atom is 0.0546 e. The lowest BCUT2D eigenvalue weighted by atomic mass is 10.1. The van der Waals surface area contributed by atoms with Gasteiger partial charge in [-0.15, -0.1) is 0 Å². The predicted octanol–water partition coefficient (Wildman–Crippen LogP) is 5.93. The molecule has 5 heteroatoms. The number of nitrogens with two attached hydrogens (primary N) is 1. The van der Waals surface area contributed by atoms with Gasteiger partial charge >= 0.3 is 0 Å². The molecule has 0 saturated carbocycles. The Morgan fingerprint density at radius 2 is 1.84 bits per heavy atom. The summed E-state index contributed by atoms with van der Waals surface area (Å²) in [5.41, 5.74) is 6.95. The smallest absolute Gasteiger partial charge is 0.0546 e. The zero-order valence-corrected chi connectivity index (χ0v) is 14.1. The van der Waals surface area contributed by atoms with E-state index in [-0.39, 0.29) is 6.04 Å². The van der Waals surface area contributed by atoms with Gasteiger partial charge < -0.3 is 5.73 Å². The molecule has 0 unspecified atom stereocenters. The SMILES string of the molecule is C[C@H](N)c1ccc(Sc2cc(Cl)ccc2Cl)c(Br)c1. The Balaban J connectivity index is 2.31. The zero-order chi connectivity index (χ0) is 14.0. The fourth-order valence-electron chi connectivity index (χ4n) is 1.56. The Morgan fingerprint density at radius 3 is 2.47 bits per heavy atom. The van der Waals surface area contributed by atoms with Crippen LogP contribution in [0.2, 0.25) is 10.0 Å². The average Bonchev–Trinajstić information content (AvgIpc) is 2.36. The lowest BCUT2D eigenvalue weighted by Crippen LogP contribution is -2.04. The molecule has 0 bridgehead atoms. The molecule has 0 fully saturated rings. The quantitative estimate of drug-likeness (QED) is 0.718. The van der Waals surface area contributed by atoms with Crippen LogP contribution in [0.3, 0.4) is 0 Å². The maximum atomic E-state index is 6.17. The molecule has 100 valence electrons. The van der Waals surface area contributed by atoms with E-state index in [0.717, 1.165) is 19.8 Å². The second-order valence-corrected chi connectivity index (χ2v) is 6.94. The van der Waals surface area contributed by atoms with Gasteiger partial charge in [0.1, 0.15) is 0 Å². The van der Waals surface area contributed by atoms with Gasteiger partial charge in [0.25, 0.3) is 0 Å². The van der Waals surface area contributed by atoms with E-state index in [9.17, 15) is 0 Å². The normalized spacial score (nSPS) is 12.5. The van der Waals surface area contributed by atoms with Gasteiger partial charge in [-0.2, -0.15) is 0 Å². The molecule has 0 spiro atoms. The summed E-state index contributed by atoms with van der Waals surface area (Å²) in [6.45, 7) is 1.96. The number of hydrogen-bond donors (Lipinski definition) is 1. The van der Waals surface area contributed by atoms with Gasteiger partial charge in [0, 0.05) is 25.3 Å². The molecule has 0 aliphatic heterocycles. The van der Waals surface area contributed by atoms with Crippen LogP contribution in [-0.2, 0) is 0 Å². The van der Waals surface area contributed by atoms with Gasteiger partial charge in [0.05, 0.1) is 5.02 Å². The van der Waals surface area contributed by atoms with Crippen molar-refractivity contribution in [3.05, 3.63) is 56.5 Å². The number of benzene rings is 2. The standard InChI is InChI=1S/C14H12BrCl2NS/c1-8(18)9-2-5-13(11(15)6-9)19-14-7-10(16)3-4-12(14)17/h2-8H,18H2,1H3/t8-/m0/s1. The minimum atomic E-state index is 0.0186. The molecule has 0 radical (unpaired) electrons. The highest BCUT2D eigenvalue weighted by atomic mass is 79.9. The van der Waals surface area contributed by atoms with Crippen molar-refractivity contribution >= 4 is 50.9 Å². The van der Waals surface area contributed by atoms with Crippen LogP contribution in [0.25, 0.3) is 0 Å². The Hall–Kier alpha value is -0.190. The summed E-state index contributed by atoms with van der Waals surface area (Å²) in [5, 5.41) is 1.37. The summed E-state index contributed by atoms with van der Waals surface area (Å²) in [5.74, 6) is 0. The van der Waals surface area contributed by atoms with Gasteiger partial charge in [-0.05, 0) is 58.7 Å². The van der Waals surface area contributed by atoms with Crippen molar-refractivity contribution in [3.63, 3.8) is 0 Å². The molecule has 2 aromatic rings. The number of rotatable bonds is 3. The van der Waals surface area contributed by atoms with Crippen LogP contribution in [0.1, 0.15) is 18.5 Å². The molecule has 0 aromatic heterocycles. The van der Waals surface area contributed by atoms with E-state index in [4.69, 9.17) is 28.9 Å². The Labute approximate surface area is 135 Å². The zero-order valence-electron chi connectivity index (χ0n) is 10.2. The monoisotopic (exact) mass is 375 g/mol. The minimum absolute atomic E-state index is 0.0186. The summed E-state index contributed by atoms with van der Waals surface area (Å²) in [4.78, 5) is 2.01.